The number of anilines is 1. The van der Waals surface area contributed by atoms with E-state index in [1.54, 1.807) is 0 Å². The highest BCUT2D eigenvalue weighted by atomic mass is 16.3. The number of para-hydroxylation sites is 1. The zero-order valence-electron chi connectivity index (χ0n) is 8.45. The van der Waals surface area contributed by atoms with Crippen LogP contribution in [-0.2, 0) is 0 Å². The minimum absolute atomic E-state index is 0.701. The van der Waals surface area contributed by atoms with Crippen molar-refractivity contribution in [3.63, 3.8) is 0 Å². The zero-order chi connectivity index (χ0) is 10.4. The number of aryl methyl sites for hydroxylation is 1. The average molecular weight is 197 g/mol. The Labute approximate surface area is 87.3 Å². The third-order valence-corrected chi connectivity index (χ3v) is 2.76. The van der Waals surface area contributed by atoms with E-state index in [4.69, 9.17) is 10.2 Å². The molecule has 3 rings (SSSR count). The Morgan fingerprint density at radius 2 is 1.87 bits per heavy atom. The summed E-state index contributed by atoms with van der Waals surface area (Å²) in [5.41, 5.74) is 9.49. The quantitative estimate of drug-likeness (QED) is 0.560. The Kier molecular flexibility index (Phi) is 1.54. The van der Waals surface area contributed by atoms with Crippen molar-refractivity contribution in [2.45, 2.75) is 6.92 Å². The summed E-state index contributed by atoms with van der Waals surface area (Å²) in [6, 6.07) is 11.9. The summed E-state index contributed by atoms with van der Waals surface area (Å²) < 4.78 is 5.74. The van der Waals surface area contributed by atoms with Crippen molar-refractivity contribution in [3.8, 4) is 0 Å². The van der Waals surface area contributed by atoms with Crippen molar-refractivity contribution >= 4 is 27.6 Å². The first-order valence-corrected chi connectivity index (χ1v) is 4.93. The van der Waals surface area contributed by atoms with E-state index in [9.17, 15) is 0 Å². The predicted molar refractivity (Wildman–Crippen MR) is 62.9 cm³/mol. The van der Waals surface area contributed by atoms with Gasteiger partial charge in [0.1, 0.15) is 5.58 Å². The highest BCUT2D eigenvalue weighted by Gasteiger charge is 2.10. The molecule has 0 spiro atoms. The number of hydrogen-bond acceptors (Lipinski definition) is 2. The molecule has 0 unspecified atom stereocenters. The summed E-state index contributed by atoms with van der Waals surface area (Å²) >= 11 is 0. The van der Waals surface area contributed by atoms with Crippen LogP contribution >= 0.6 is 0 Å². The third-order valence-electron chi connectivity index (χ3n) is 2.76. The number of nitrogen functional groups attached to an aromatic ring is 1. The highest BCUT2D eigenvalue weighted by Crippen LogP contribution is 2.34. The van der Waals surface area contributed by atoms with Crippen LogP contribution in [0.2, 0.25) is 0 Å². The lowest BCUT2D eigenvalue weighted by atomic mass is 10.1. The standard InChI is InChI=1S/C13H11NO/c1-8-6-7-10(14)13-12(8)9-4-2-3-5-11(9)15-13/h2-7H,14H2,1H3. The van der Waals surface area contributed by atoms with Crippen molar-refractivity contribution in [1.29, 1.82) is 0 Å². The maximum atomic E-state index is 5.90. The second kappa shape index (κ2) is 2.76. The van der Waals surface area contributed by atoms with Gasteiger partial charge in [0.25, 0.3) is 0 Å². The van der Waals surface area contributed by atoms with E-state index in [1.165, 1.54) is 5.56 Å². The van der Waals surface area contributed by atoms with Crippen molar-refractivity contribution in [1.82, 2.24) is 0 Å². The average Bonchev–Trinajstić information content (AvgIpc) is 2.64. The third kappa shape index (κ3) is 1.05. The van der Waals surface area contributed by atoms with Crippen LogP contribution in [0, 0.1) is 6.92 Å². The van der Waals surface area contributed by atoms with Gasteiger partial charge < -0.3 is 10.2 Å². The molecule has 0 atom stereocenters. The van der Waals surface area contributed by atoms with Crippen molar-refractivity contribution < 1.29 is 4.42 Å². The topological polar surface area (TPSA) is 39.2 Å². The molecule has 0 saturated carbocycles. The Bertz CT molecular complexity index is 652. The van der Waals surface area contributed by atoms with Crippen LogP contribution in [0.5, 0.6) is 0 Å². The van der Waals surface area contributed by atoms with Gasteiger partial charge in [0.2, 0.25) is 0 Å². The fourth-order valence-corrected chi connectivity index (χ4v) is 2.01. The van der Waals surface area contributed by atoms with E-state index in [1.807, 2.05) is 30.3 Å². The molecular formula is C13H11NO. The number of rotatable bonds is 0. The lowest BCUT2D eigenvalue weighted by molar-refractivity contribution is 0.670. The molecule has 0 aliphatic heterocycles. The van der Waals surface area contributed by atoms with Gasteiger partial charge >= 0.3 is 0 Å². The van der Waals surface area contributed by atoms with E-state index in [0.717, 1.165) is 21.9 Å². The summed E-state index contributed by atoms with van der Waals surface area (Å²) in [4.78, 5) is 0. The molecule has 2 heteroatoms. The molecule has 0 fully saturated rings. The van der Waals surface area contributed by atoms with E-state index >= 15 is 0 Å². The second-order valence-electron chi connectivity index (χ2n) is 3.77. The monoisotopic (exact) mass is 197 g/mol. The SMILES string of the molecule is Cc1ccc(N)c2oc3ccccc3c12. The summed E-state index contributed by atoms with van der Waals surface area (Å²) in [7, 11) is 0. The number of nitrogens with two attached hydrogens (primary N) is 1. The minimum Gasteiger partial charge on any atom is -0.454 e. The zero-order valence-corrected chi connectivity index (χ0v) is 8.45. The van der Waals surface area contributed by atoms with Gasteiger partial charge in [-0.1, -0.05) is 24.3 Å². The molecule has 2 N–H and O–H groups in total. The smallest absolute Gasteiger partial charge is 0.158 e. The second-order valence-corrected chi connectivity index (χ2v) is 3.77. The Morgan fingerprint density at radius 3 is 2.73 bits per heavy atom. The first-order chi connectivity index (χ1) is 7.27. The van der Waals surface area contributed by atoms with E-state index in [0.29, 0.717) is 5.69 Å². The molecule has 0 aliphatic carbocycles. The summed E-state index contributed by atoms with van der Waals surface area (Å²) in [6.45, 7) is 2.07. The number of hydrogen-bond donors (Lipinski definition) is 1. The first kappa shape index (κ1) is 8.36. The fourth-order valence-electron chi connectivity index (χ4n) is 2.01. The van der Waals surface area contributed by atoms with Gasteiger partial charge in [-0.05, 0) is 24.6 Å². The van der Waals surface area contributed by atoms with Gasteiger partial charge in [0.05, 0.1) is 5.69 Å². The normalized spacial score (nSPS) is 11.3. The van der Waals surface area contributed by atoms with Crippen LogP contribution in [0.1, 0.15) is 5.56 Å². The van der Waals surface area contributed by atoms with Crippen molar-refractivity contribution in [2.24, 2.45) is 0 Å². The molecule has 1 heterocycles. The van der Waals surface area contributed by atoms with Gasteiger partial charge in [-0.2, -0.15) is 0 Å². The Hall–Kier alpha value is -1.96. The van der Waals surface area contributed by atoms with Crippen LogP contribution in [0.3, 0.4) is 0 Å². The van der Waals surface area contributed by atoms with Crippen LogP contribution in [0.15, 0.2) is 40.8 Å². The maximum absolute atomic E-state index is 5.90. The van der Waals surface area contributed by atoms with Gasteiger partial charge in [-0.3, -0.25) is 0 Å². The first-order valence-electron chi connectivity index (χ1n) is 4.93. The molecule has 3 aromatic rings. The number of benzene rings is 2. The number of fused-ring (bicyclic) bond motifs is 3. The predicted octanol–water partition coefficient (Wildman–Crippen LogP) is 3.48. The summed E-state index contributed by atoms with van der Waals surface area (Å²) in [5.74, 6) is 0. The van der Waals surface area contributed by atoms with E-state index in [-0.39, 0.29) is 0 Å². The molecule has 0 bridgehead atoms. The molecule has 1 aromatic heterocycles. The molecule has 0 amide bonds. The van der Waals surface area contributed by atoms with Gasteiger partial charge in [0.15, 0.2) is 5.58 Å². The van der Waals surface area contributed by atoms with Crippen LogP contribution in [0.25, 0.3) is 21.9 Å². The molecule has 2 aromatic carbocycles. The maximum Gasteiger partial charge on any atom is 0.158 e. The van der Waals surface area contributed by atoms with Gasteiger partial charge in [-0.25, -0.2) is 0 Å². The minimum atomic E-state index is 0.701. The molecule has 74 valence electrons. The van der Waals surface area contributed by atoms with Gasteiger partial charge in [0, 0.05) is 10.8 Å². The molecule has 0 aliphatic rings. The molecule has 2 nitrogen and oxygen atoms in total. The highest BCUT2D eigenvalue weighted by molar-refractivity contribution is 6.10. The lowest BCUT2D eigenvalue weighted by Crippen LogP contribution is -1.85. The Morgan fingerprint density at radius 1 is 1.07 bits per heavy atom. The summed E-state index contributed by atoms with van der Waals surface area (Å²) in [6.07, 6.45) is 0. The molecular weight excluding hydrogens is 186 g/mol. The fraction of sp³-hybridized carbons (Fsp3) is 0.0769. The van der Waals surface area contributed by atoms with Gasteiger partial charge in [-0.15, -0.1) is 0 Å². The molecule has 0 saturated heterocycles. The van der Waals surface area contributed by atoms with Crippen LogP contribution in [0.4, 0.5) is 5.69 Å². The van der Waals surface area contributed by atoms with E-state index in [2.05, 4.69) is 13.0 Å². The largest absolute Gasteiger partial charge is 0.454 e. The number of furan rings is 1. The van der Waals surface area contributed by atoms with Crippen LogP contribution < -0.4 is 5.73 Å². The molecule has 15 heavy (non-hydrogen) atoms. The van der Waals surface area contributed by atoms with Crippen LogP contribution in [-0.4, -0.2) is 0 Å². The summed E-state index contributed by atoms with van der Waals surface area (Å²) in [5, 5.41) is 2.27. The van der Waals surface area contributed by atoms with E-state index < -0.39 is 0 Å². The van der Waals surface area contributed by atoms with Crippen molar-refractivity contribution in [2.75, 3.05) is 5.73 Å². The Balaban J connectivity index is 2.66. The molecule has 0 radical (unpaired) electrons. The lowest BCUT2D eigenvalue weighted by Gasteiger charge is -1.97. The van der Waals surface area contributed by atoms with Crippen molar-refractivity contribution in [3.05, 3.63) is 42.0 Å².